The van der Waals surface area contributed by atoms with Gasteiger partial charge in [0.05, 0.1) is 28.0 Å². The van der Waals surface area contributed by atoms with E-state index in [4.69, 9.17) is 0 Å². The lowest BCUT2D eigenvalue weighted by molar-refractivity contribution is -0.383. The van der Waals surface area contributed by atoms with Crippen molar-refractivity contribution in [1.29, 1.82) is 0 Å². The van der Waals surface area contributed by atoms with Crippen LogP contribution in [0.1, 0.15) is 18.9 Å². The molecule has 0 amide bonds. The molecule has 100 valence electrons. The summed E-state index contributed by atoms with van der Waals surface area (Å²) >= 11 is 0. The van der Waals surface area contributed by atoms with Gasteiger partial charge in [-0.1, -0.05) is 6.92 Å². The summed E-state index contributed by atoms with van der Waals surface area (Å²) in [4.78, 5) is 14.3. The lowest BCUT2D eigenvalue weighted by atomic mass is 10.0. The number of aliphatic hydroxyl groups is 1. The van der Waals surface area contributed by atoms with E-state index in [2.05, 4.69) is 4.98 Å². The summed E-state index contributed by atoms with van der Waals surface area (Å²) in [6.07, 6.45) is 1.33. The fraction of sp³-hybridized carbons (Fsp3) is 0.308. The van der Waals surface area contributed by atoms with Gasteiger partial charge in [-0.3, -0.25) is 15.1 Å². The number of rotatable bonds is 4. The first kappa shape index (κ1) is 13.4. The van der Waals surface area contributed by atoms with Gasteiger partial charge < -0.3 is 5.11 Å². The van der Waals surface area contributed by atoms with Crippen LogP contribution >= 0.6 is 0 Å². The fourth-order valence-corrected chi connectivity index (χ4v) is 1.98. The molecule has 0 saturated heterocycles. The van der Waals surface area contributed by atoms with Crippen LogP contribution in [-0.4, -0.2) is 21.1 Å². The summed E-state index contributed by atoms with van der Waals surface area (Å²) in [6, 6.07) is 3.98. The van der Waals surface area contributed by atoms with E-state index in [9.17, 15) is 19.6 Å². The van der Waals surface area contributed by atoms with Crippen LogP contribution in [0.4, 0.5) is 10.1 Å². The molecule has 1 unspecified atom stereocenters. The summed E-state index contributed by atoms with van der Waals surface area (Å²) in [5, 5.41) is 20.8. The standard InChI is InChI=1S/C13H13FN2O3/c1-2-8(17)6-10-11(14)7-12(16(18)19)9-4-3-5-15-13(9)10/h3-5,7-8,17H,2,6H2,1H3. The molecule has 2 rings (SSSR count). The van der Waals surface area contributed by atoms with Crippen LogP contribution in [0.3, 0.4) is 0 Å². The Hall–Kier alpha value is -2.08. The van der Waals surface area contributed by atoms with E-state index in [1.165, 1.54) is 12.3 Å². The van der Waals surface area contributed by atoms with Crippen LogP contribution in [0.5, 0.6) is 0 Å². The first-order valence-corrected chi connectivity index (χ1v) is 5.93. The molecule has 0 saturated carbocycles. The molecule has 1 atom stereocenters. The highest BCUT2D eigenvalue weighted by Gasteiger charge is 2.21. The molecule has 1 N–H and O–H groups in total. The van der Waals surface area contributed by atoms with Crippen molar-refractivity contribution in [3.8, 4) is 0 Å². The third-order valence-corrected chi connectivity index (χ3v) is 3.03. The van der Waals surface area contributed by atoms with Gasteiger partial charge in [0.15, 0.2) is 0 Å². The zero-order valence-electron chi connectivity index (χ0n) is 10.3. The summed E-state index contributed by atoms with van der Waals surface area (Å²) in [6.45, 7) is 1.78. The van der Waals surface area contributed by atoms with Gasteiger partial charge >= 0.3 is 0 Å². The van der Waals surface area contributed by atoms with Crippen molar-refractivity contribution in [3.05, 3.63) is 45.9 Å². The van der Waals surface area contributed by atoms with E-state index >= 15 is 0 Å². The van der Waals surface area contributed by atoms with E-state index in [0.29, 0.717) is 6.42 Å². The van der Waals surface area contributed by atoms with Gasteiger partial charge in [0, 0.05) is 18.2 Å². The molecule has 0 radical (unpaired) electrons. The molecule has 0 fully saturated rings. The maximum atomic E-state index is 14.0. The quantitative estimate of drug-likeness (QED) is 0.680. The monoisotopic (exact) mass is 264 g/mol. The Kier molecular flexibility index (Phi) is 3.71. The Morgan fingerprint density at radius 2 is 2.32 bits per heavy atom. The number of non-ortho nitro benzene ring substituents is 1. The average molecular weight is 264 g/mol. The number of fused-ring (bicyclic) bond motifs is 1. The third kappa shape index (κ3) is 2.53. The van der Waals surface area contributed by atoms with Crippen molar-refractivity contribution in [2.24, 2.45) is 0 Å². The molecule has 1 aromatic carbocycles. The molecular weight excluding hydrogens is 251 g/mol. The molecule has 0 aliphatic heterocycles. The zero-order chi connectivity index (χ0) is 14.0. The third-order valence-electron chi connectivity index (χ3n) is 3.03. The highest BCUT2D eigenvalue weighted by atomic mass is 19.1. The number of halogens is 1. The zero-order valence-corrected chi connectivity index (χ0v) is 10.3. The van der Waals surface area contributed by atoms with Gasteiger partial charge in [-0.25, -0.2) is 4.39 Å². The maximum Gasteiger partial charge on any atom is 0.281 e. The summed E-state index contributed by atoms with van der Waals surface area (Å²) < 4.78 is 14.0. The minimum absolute atomic E-state index is 0.0911. The number of nitrogens with zero attached hydrogens (tertiary/aromatic N) is 2. The van der Waals surface area contributed by atoms with E-state index < -0.39 is 16.8 Å². The normalized spacial score (nSPS) is 12.6. The molecule has 19 heavy (non-hydrogen) atoms. The number of hydrogen-bond acceptors (Lipinski definition) is 4. The molecular formula is C13H13FN2O3. The molecule has 6 heteroatoms. The van der Waals surface area contributed by atoms with Crippen LogP contribution < -0.4 is 0 Å². The summed E-state index contributed by atoms with van der Waals surface area (Å²) in [7, 11) is 0. The van der Waals surface area contributed by atoms with Gasteiger partial charge in [0.1, 0.15) is 5.82 Å². The predicted molar refractivity (Wildman–Crippen MR) is 68.4 cm³/mol. The summed E-state index contributed by atoms with van der Waals surface area (Å²) in [5.74, 6) is -0.703. The molecule has 0 aliphatic rings. The Morgan fingerprint density at radius 1 is 1.58 bits per heavy atom. The van der Waals surface area contributed by atoms with Crippen molar-refractivity contribution >= 4 is 16.6 Å². The number of pyridine rings is 1. The molecule has 2 aromatic rings. The second kappa shape index (κ2) is 5.27. The van der Waals surface area contributed by atoms with Crippen LogP contribution in [0.15, 0.2) is 24.4 Å². The van der Waals surface area contributed by atoms with Crippen molar-refractivity contribution in [2.75, 3.05) is 0 Å². The van der Waals surface area contributed by atoms with Crippen molar-refractivity contribution < 1.29 is 14.4 Å². The number of nitro groups is 1. The first-order chi connectivity index (χ1) is 9.04. The molecule has 5 nitrogen and oxygen atoms in total. The number of aliphatic hydroxyl groups excluding tert-OH is 1. The van der Waals surface area contributed by atoms with Gasteiger partial charge in [-0.15, -0.1) is 0 Å². The van der Waals surface area contributed by atoms with Crippen LogP contribution in [-0.2, 0) is 6.42 Å². The molecule has 0 aliphatic carbocycles. The van der Waals surface area contributed by atoms with Gasteiger partial charge in [-0.2, -0.15) is 0 Å². The predicted octanol–water partition coefficient (Wildman–Crippen LogP) is 2.60. The second-order valence-corrected chi connectivity index (χ2v) is 4.28. The maximum absolute atomic E-state index is 14.0. The Bertz CT molecular complexity index is 631. The minimum atomic E-state index is -0.703. The van der Waals surface area contributed by atoms with Gasteiger partial charge in [-0.05, 0) is 18.6 Å². The lowest BCUT2D eigenvalue weighted by Gasteiger charge is -2.11. The SMILES string of the molecule is CCC(O)Cc1c(F)cc([N+](=O)[O-])c2cccnc12. The lowest BCUT2D eigenvalue weighted by Crippen LogP contribution is -2.11. The fourth-order valence-electron chi connectivity index (χ4n) is 1.98. The van der Waals surface area contributed by atoms with Crippen LogP contribution in [0.25, 0.3) is 10.9 Å². The average Bonchev–Trinajstić information content (AvgIpc) is 2.41. The van der Waals surface area contributed by atoms with Crippen molar-refractivity contribution in [2.45, 2.75) is 25.9 Å². The molecule has 0 spiro atoms. The minimum Gasteiger partial charge on any atom is -0.393 e. The second-order valence-electron chi connectivity index (χ2n) is 4.28. The first-order valence-electron chi connectivity index (χ1n) is 5.93. The largest absolute Gasteiger partial charge is 0.393 e. The highest BCUT2D eigenvalue weighted by Crippen LogP contribution is 2.30. The van der Waals surface area contributed by atoms with Crippen molar-refractivity contribution in [1.82, 2.24) is 4.98 Å². The number of benzene rings is 1. The van der Waals surface area contributed by atoms with E-state index in [-0.39, 0.29) is 28.6 Å². The Balaban J connectivity index is 2.68. The van der Waals surface area contributed by atoms with Crippen LogP contribution in [0, 0.1) is 15.9 Å². The number of aromatic nitrogens is 1. The number of nitro benzene ring substituents is 1. The topological polar surface area (TPSA) is 76.3 Å². The van der Waals surface area contributed by atoms with Gasteiger partial charge in [0.25, 0.3) is 5.69 Å². The molecule has 0 bridgehead atoms. The molecule has 1 heterocycles. The number of hydrogen-bond donors (Lipinski definition) is 1. The summed E-state index contributed by atoms with van der Waals surface area (Å²) in [5.41, 5.74) is 0.146. The van der Waals surface area contributed by atoms with E-state index in [1.54, 1.807) is 13.0 Å². The Morgan fingerprint density at radius 3 is 2.95 bits per heavy atom. The molecule has 1 aromatic heterocycles. The van der Waals surface area contributed by atoms with Crippen LogP contribution in [0.2, 0.25) is 0 Å². The smallest absolute Gasteiger partial charge is 0.281 e. The van der Waals surface area contributed by atoms with E-state index in [0.717, 1.165) is 6.07 Å². The van der Waals surface area contributed by atoms with Gasteiger partial charge in [0.2, 0.25) is 0 Å². The highest BCUT2D eigenvalue weighted by molar-refractivity contribution is 5.90. The van der Waals surface area contributed by atoms with Crippen molar-refractivity contribution in [3.63, 3.8) is 0 Å². The Labute approximate surface area is 108 Å². The van der Waals surface area contributed by atoms with E-state index in [1.807, 2.05) is 0 Å².